The van der Waals surface area contributed by atoms with Gasteiger partial charge in [-0.05, 0) is 42.7 Å². The lowest BCUT2D eigenvalue weighted by molar-refractivity contribution is 0.317. The van der Waals surface area contributed by atoms with Crippen molar-refractivity contribution in [2.24, 2.45) is 0 Å². The SMILES string of the molecule is C=C(CC)COc1c(Cl)cc(CNCCC)cc1OC. The molecule has 0 spiro atoms. The molecule has 4 heteroatoms. The summed E-state index contributed by atoms with van der Waals surface area (Å²) in [6.45, 7) is 10.3. The van der Waals surface area contributed by atoms with E-state index in [-0.39, 0.29) is 0 Å². The summed E-state index contributed by atoms with van der Waals surface area (Å²) < 4.78 is 11.1. The Morgan fingerprint density at radius 3 is 2.70 bits per heavy atom. The van der Waals surface area contributed by atoms with Crippen LogP contribution in [0.1, 0.15) is 32.3 Å². The fourth-order valence-corrected chi connectivity index (χ4v) is 1.99. The molecular formula is C16H24ClNO2. The molecule has 0 aliphatic rings. The predicted octanol–water partition coefficient (Wildman–Crippen LogP) is 4.19. The van der Waals surface area contributed by atoms with Crippen molar-refractivity contribution in [1.82, 2.24) is 5.32 Å². The molecule has 112 valence electrons. The molecule has 0 aliphatic heterocycles. The van der Waals surface area contributed by atoms with Gasteiger partial charge in [0.1, 0.15) is 6.61 Å². The number of methoxy groups -OCH3 is 1. The largest absolute Gasteiger partial charge is 0.493 e. The molecule has 0 amide bonds. The fraction of sp³-hybridized carbons (Fsp3) is 0.500. The molecule has 0 heterocycles. The summed E-state index contributed by atoms with van der Waals surface area (Å²) in [6.07, 6.45) is 1.99. The number of benzene rings is 1. The molecule has 0 saturated heterocycles. The van der Waals surface area contributed by atoms with E-state index < -0.39 is 0 Å². The van der Waals surface area contributed by atoms with Gasteiger partial charge >= 0.3 is 0 Å². The Kier molecular flexibility index (Phi) is 7.48. The number of ether oxygens (including phenoxy) is 2. The zero-order valence-corrected chi connectivity index (χ0v) is 13.3. The van der Waals surface area contributed by atoms with E-state index in [2.05, 4.69) is 18.8 Å². The van der Waals surface area contributed by atoms with Crippen molar-refractivity contribution < 1.29 is 9.47 Å². The quantitative estimate of drug-likeness (QED) is 0.547. The van der Waals surface area contributed by atoms with Crippen LogP contribution in [0, 0.1) is 0 Å². The van der Waals surface area contributed by atoms with E-state index in [1.165, 1.54) is 0 Å². The van der Waals surface area contributed by atoms with Crippen molar-refractivity contribution in [2.75, 3.05) is 20.3 Å². The second-order valence-corrected chi connectivity index (χ2v) is 5.09. The highest BCUT2D eigenvalue weighted by molar-refractivity contribution is 6.32. The Morgan fingerprint density at radius 2 is 2.10 bits per heavy atom. The van der Waals surface area contributed by atoms with Gasteiger partial charge in [0.25, 0.3) is 0 Å². The molecule has 0 radical (unpaired) electrons. The highest BCUT2D eigenvalue weighted by Gasteiger charge is 2.12. The molecule has 1 N–H and O–H groups in total. The summed E-state index contributed by atoms with van der Waals surface area (Å²) in [6, 6.07) is 3.87. The number of nitrogens with one attached hydrogen (secondary N) is 1. The summed E-state index contributed by atoms with van der Waals surface area (Å²) in [5.74, 6) is 1.25. The second kappa shape index (κ2) is 8.88. The maximum absolute atomic E-state index is 6.29. The molecule has 1 rings (SSSR count). The van der Waals surface area contributed by atoms with Gasteiger partial charge in [0.2, 0.25) is 0 Å². The second-order valence-electron chi connectivity index (χ2n) is 4.68. The normalized spacial score (nSPS) is 10.4. The minimum absolute atomic E-state index is 0.458. The minimum Gasteiger partial charge on any atom is -0.493 e. The number of halogens is 1. The Bertz CT molecular complexity index is 446. The van der Waals surface area contributed by atoms with Crippen LogP contribution in [-0.4, -0.2) is 20.3 Å². The van der Waals surface area contributed by atoms with E-state index in [1.54, 1.807) is 7.11 Å². The van der Waals surface area contributed by atoms with Crippen LogP contribution in [-0.2, 0) is 6.54 Å². The molecule has 3 nitrogen and oxygen atoms in total. The van der Waals surface area contributed by atoms with E-state index in [4.69, 9.17) is 21.1 Å². The minimum atomic E-state index is 0.458. The molecule has 0 aliphatic carbocycles. The standard InChI is InChI=1S/C16H24ClNO2/c1-5-7-18-10-13-8-14(17)16(15(9-13)19-4)20-11-12(3)6-2/h8-9,18H,3,5-7,10-11H2,1-2,4H3. The highest BCUT2D eigenvalue weighted by atomic mass is 35.5. The van der Waals surface area contributed by atoms with Crippen molar-refractivity contribution in [1.29, 1.82) is 0 Å². The van der Waals surface area contributed by atoms with Crippen LogP contribution in [0.4, 0.5) is 0 Å². The maximum Gasteiger partial charge on any atom is 0.180 e. The third-order valence-electron chi connectivity index (χ3n) is 2.97. The lowest BCUT2D eigenvalue weighted by atomic mass is 10.2. The van der Waals surface area contributed by atoms with Crippen LogP contribution >= 0.6 is 11.6 Å². The van der Waals surface area contributed by atoms with Crippen molar-refractivity contribution in [3.05, 3.63) is 34.9 Å². The number of hydrogen-bond donors (Lipinski definition) is 1. The predicted molar refractivity (Wildman–Crippen MR) is 84.9 cm³/mol. The van der Waals surface area contributed by atoms with Crippen LogP contribution < -0.4 is 14.8 Å². The van der Waals surface area contributed by atoms with E-state index >= 15 is 0 Å². The zero-order chi connectivity index (χ0) is 15.0. The number of rotatable bonds is 9. The zero-order valence-electron chi connectivity index (χ0n) is 12.6. The van der Waals surface area contributed by atoms with Gasteiger partial charge in [0.15, 0.2) is 11.5 Å². The van der Waals surface area contributed by atoms with Gasteiger partial charge in [-0.1, -0.05) is 32.0 Å². The lowest BCUT2D eigenvalue weighted by Crippen LogP contribution is -2.14. The van der Waals surface area contributed by atoms with Gasteiger partial charge in [-0.15, -0.1) is 0 Å². The molecule has 0 bridgehead atoms. The van der Waals surface area contributed by atoms with Crippen LogP contribution in [0.25, 0.3) is 0 Å². The fourth-order valence-electron chi connectivity index (χ4n) is 1.70. The molecule has 0 saturated carbocycles. The van der Waals surface area contributed by atoms with Gasteiger partial charge < -0.3 is 14.8 Å². The van der Waals surface area contributed by atoms with Crippen LogP contribution in [0.3, 0.4) is 0 Å². The average molecular weight is 298 g/mol. The monoisotopic (exact) mass is 297 g/mol. The summed E-state index contributed by atoms with van der Waals surface area (Å²) in [5, 5.41) is 3.91. The van der Waals surface area contributed by atoms with Crippen molar-refractivity contribution in [2.45, 2.75) is 33.2 Å². The van der Waals surface area contributed by atoms with Crippen LogP contribution in [0.5, 0.6) is 11.5 Å². The molecular weight excluding hydrogens is 274 g/mol. The van der Waals surface area contributed by atoms with E-state index in [0.29, 0.717) is 23.1 Å². The molecule has 0 atom stereocenters. The molecule has 0 aromatic heterocycles. The Labute approximate surface area is 126 Å². The first-order chi connectivity index (χ1) is 9.62. The molecule has 0 unspecified atom stereocenters. The highest BCUT2D eigenvalue weighted by Crippen LogP contribution is 2.36. The molecule has 20 heavy (non-hydrogen) atoms. The Balaban J connectivity index is 2.81. The van der Waals surface area contributed by atoms with Gasteiger partial charge in [0.05, 0.1) is 12.1 Å². The van der Waals surface area contributed by atoms with E-state index in [0.717, 1.165) is 37.1 Å². The molecule has 0 fully saturated rings. The van der Waals surface area contributed by atoms with Crippen LogP contribution in [0.2, 0.25) is 5.02 Å². The Morgan fingerprint density at radius 1 is 1.35 bits per heavy atom. The topological polar surface area (TPSA) is 30.5 Å². The third-order valence-corrected chi connectivity index (χ3v) is 3.25. The van der Waals surface area contributed by atoms with Crippen molar-refractivity contribution >= 4 is 11.6 Å². The first-order valence-electron chi connectivity index (χ1n) is 6.98. The molecule has 1 aromatic rings. The van der Waals surface area contributed by atoms with E-state index in [9.17, 15) is 0 Å². The number of hydrogen-bond acceptors (Lipinski definition) is 3. The van der Waals surface area contributed by atoms with E-state index in [1.807, 2.05) is 19.1 Å². The summed E-state index contributed by atoms with van der Waals surface area (Å²) in [4.78, 5) is 0. The van der Waals surface area contributed by atoms with Gasteiger partial charge in [-0.25, -0.2) is 0 Å². The maximum atomic E-state index is 6.29. The first kappa shape index (κ1) is 16.9. The van der Waals surface area contributed by atoms with Gasteiger partial charge in [0, 0.05) is 6.54 Å². The smallest absolute Gasteiger partial charge is 0.180 e. The van der Waals surface area contributed by atoms with Crippen molar-refractivity contribution in [3.8, 4) is 11.5 Å². The Hall–Kier alpha value is -1.19. The van der Waals surface area contributed by atoms with Gasteiger partial charge in [-0.3, -0.25) is 0 Å². The van der Waals surface area contributed by atoms with Crippen molar-refractivity contribution in [3.63, 3.8) is 0 Å². The molecule has 1 aromatic carbocycles. The third kappa shape index (κ3) is 5.06. The first-order valence-corrected chi connectivity index (χ1v) is 7.36. The average Bonchev–Trinajstić information content (AvgIpc) is 2.45. The van der Waals surface area contributed by atoms with Crippen LogP contribution in [0.15, 0.2) is 24.3 Å². The summed E-state index contributed by atoms with van der Waals surface area (Å²) in [5.41, 5.74) is 2.11. The van der Waals surface area contributed by atoms with Gasteiger partial charge in [-0.2, -0.15) is 0 Å². The summed E-state index contributed by atoms with van der Waals surface area (Å²) in [7, 11) is 1.62. The summed E-state index contributed by atoms with van der Waals surface area (Å²) >= 11 is 6.29. The lowest BCUT2D eigenvalue weighted by Gasteiger charge is -2.15.